The number of piperidine rings is 1. The summed E-state index contributed by atoms with van der Waals surface area (Å²) in [5.41, 5.74) is 6.84. The first kappa shape index (κ1) is 18.6. The van der Waals surface area contributed by atoms with E-state index in [2.05, 4.69) is 0 Å². The number of fused-ring (bicyclic) bond motifs is 2. The second-order valence-electron chi connectivity index (χ2n) is 8.02. The third kappa shape index (κ3) is 3.31. The van der Waals surface area contributed by atoms with Crippen molar-refractivity contribution in [2.75, 3.05) is 13.1 Å². The number of carbonyl (C=O) groups excluding carboxylic acids is 1. The third-order valence-electron chi connectivity index (χ3n) is 6.18. The van der Waals surface area contributed by atoms with Crippen LogP contribution in [0.4, 0.5) is 0 Å². The zero-order chi connectivity index (χ0) is 19.1. The minimum atomic E-state index is 0.0281. The first-order valence-electron chi connectivity index (χ1n) is 10.0. The van der Waals surface area contributed by atoms with Crippen molar-refractivity contribution >= 4 is 27.5 Å². The molecule has 6 nitrogen and oxygen atoms in total. The van der Waals surface area contributed by atoms with Crippen molar-refractivity contribution in [3.8, 4) is 0 Å². The van der Waals surface area contributed by atoms with E-state index in [4.69, 9.17) is 10.7 Å². The highest BCUT2D eigenvalue weighted by atomic mass is 32.1. The number of nitrogens with two attached hydrogens (primary N) is 1. The molecule has 2 aliphatic rings. The van der Waals surface area contributed by atoms with Crippen molar-refractivity contribution in [3.63, 3.8) is 0 Å². The predicted molar refractivity (Wildman–Crippen MR) is 108 cm³/mol. The molecule has 0 saturated carbocycles. The van der Waals surface area contributed by atoms with Gasteiger partial charge >= 0.3 is 0 Å². The summed E-state index contributed by atoms with van der Waals surface area (Å²) in [6.07, 6.45) is 5.96. The van der Waals surface area contributed by atoms with Gasteiger partial charge in [-0.2, -0.15) is 0 Å². The zero-order valence-corrected chi connectivity index (χ0v) is 17.0. The molecule has 2 aliphatic heterocycles. The summed E-state index contributed by atoms with van der Waals surface area (Å²) in [5, 5.41) is 0.638. The number of aryl methyl sites for hydroxylation is 2. The lowest BCUT2D eigenvalue weighted by Gasteiger charge is -2.33. The second-order valence-corrected chi connectivity index (χ2v) is 9.02. The molecule has 0 radical (unpaired) electrons. The van der Waals surface area contributed by atoms with Crippen LogP contribution in [0, 0.1) is 12.8 Å². The summed E-state index contributed by atoms with van der Waals surface area (Å²) >= 11 is 1.39. The number of likely N-dealkylation sites (tertiary alicyclic amines) is 1. The monoisotopic (exact) mass is 388 g/mol. The van der Waals surface area contributed by atoms with Crippen LogP contribution < -0.4 is 11.3 Å². The Morgan fingerprint density at radius 1 is 1.22 bits per heavy atom. The molecule has 0 bridgehead atoms. The summed E-state index contributed by atoms with van der Waals surface area (Å²) in [4.78, 5) is 34.3. The Kier molecular flexibility index (Phi) is 5.07. The Hall–Kier alpha value is -1.73. The van der Waals surface area contributed by atoms with Gasteiger partial charge in [0, 0.05) is 32.1 Å². The number of carbonyl (C=O) groups is 1. The highest BCUT2D eigenvalue weighted by molar-refractivity contribution is 7.20. The van der Waals surface area contributed by atoms with Crippen LogP contribution in [0.2, 0.25) is 0 Å². The van der Waals surface area contributed by atoms with Crippen molar-refractivity contribution in [1.29, 1.82) is 0 Å². The van der Waals surface area contributed by atoms with E-state index in [1.54, 1.807) is 0 Å². The molecule has 7 heteroatoms. The standard InChI is InChI=1S/C20H28N4O2S/c1-12-16-18(22-15-6-4-3-5-9-24(15)19(16)25)27-17(12)20(26)23-10-7-14(8-11-23)13(2)21/h13-14H,3-11,21H2,1-2H3. The van der Waals surface area contributed by atoms with Crippen LogP contribution in [0.1, 0.15) is 60.1 Å². The van der Waals surface area contributed by atoms with Crippen molar-refractivity contribution in [2.45, 2.75) is 65.0 Å². The average Bonchev–Trinajstić information content (AvgIpc) is 2.83. The molecule has 1 unspecified atom stereocenters. The summed E-state index contributed by atoms with van der Waals surface area (Å²) in [6.45, 7) is 6.15. The van der Waals surface area contributed by atoms with Gasteiger partial charge in [0.05, 0.1) is 10.3 Å². The Morgan fingerprint density at radius 3 is 2.67 bits per heavy atom. The van der Waals surface area contributed by atoms with E-state index >= 15 is 0 Å². The molecule has 0 aromatic carbocycles. The van der Waals surface area contributed by atoms with Crippen LogP contribution in [-0.4, -0.2) is 39.5 Å². The fourth-order valence-electron chi connectivity index (χ4n) is 4.39. The van der Waals surface area contributed by atoms with Gasteiger partial charge in [0.1, 0.15) is 10.7 Å². The van der Waals surface area contributed by atoms with Crippen LogP contribution >= 0.6 is 11.3 Å². The van der Waals surface area contributed by atoms with Crippen molar-refractivity contribution in [3.05, 3.63) is 26.6 Å². The Morgan fingerprint density at radius 2 is 1.96 bits per heavy atom. The Balaban J connectivity index is 1.67. The minimum Gasteiger partial charge on any atom is -0.338 e. The molecule has 1 atom stereocenters. The number of aromatic nitrogens is 2. The first-order valence-corrected chi connectivity index (χ1v) is 10.9. The highest BCUT2D eigenvalue weighted by Crippen LogP contribution is 2.31. The molecule has 2 aromatic heterocycles. The zero-order valence-electron chi connectivity index (χ0n) is 16.2. The molecule has 146 valence electrons. The molecule has 1 saturated heterocycles. The maximum Gasteiger partial charge on any atom is 0.264 e. The van der Waals surface area contributed by atoms with Gasteiger partial charge in [0.25, 0.3) is 11.5 Å². The average molecular weight is 389 g/mol. The molecule has 2 aromatic rings. The van der Waals surface area contributed by atoms with E-state index in [-0.39, 0.29) is 17.5 Å². The van der Waals surface area contributed by atoms with E-state index in [0.717, 1.165) is 74.4 Å². The first-order chi connectivity index (χ1) is 13.0. The number of amides is 1. The summed E-state index contributed by atoms with van der Waals surface area (Å²) < 4.78 is 1.83. The molecule has 0 aliphatic carbocycles. The molecule has 4 heterocycles. The van der Waals surface area contributed by atoms with Crippen molar-refractivity contribution in [2.24, 2.45) is 11.7 Å². The van der Waals surface area contributed by atoms with Crippen molar-refractivity contribution < 1.29 is 4.79 Å². The minimum absolute atomic E-state index is 0.0281. The van der Waals surface area contributed by atoms with Crippen LogP contribution in [0.3, 0.4) is 0 Å². The van der Waals surface area contributed by atoms with Gasteiger partial charge in [-0.1, -0.05) is 6.42 Å². The maximum absolute atomic E-state index is 13.1. The maximum atomic E-state index is 13.1. The summed E-state index contributed by atoms with van der Waals surface area (Å²) in [5.74, 6) is 1.40. The Bertz CT molecular complexity index is 922. The van der Waals surface area contributed by atoms with Gasteiger partial charge in [-0.05, 0) is 51.0 Å². The van der Waals surface area contributed by atoms with Crippen LogP contribution in [0.5, 0.6) is 0 Å². The predicted octanol–water partition coefficient (Wildman–Crippen LogP) is 2.69. The van der Waals surface area contributed by atoms with Gasteiger partial charge in [0.2, 0.25) is 0 Å². The molecule has 1 fully saturated rings. The number of hydrogen-bond acceptors (Lipinski definition) is 5. The summed E-state index contributed by atoms with van der Waals surface area (Å²) in [6, 6.07) is 0.174. The highest BCUT2D eigenvalue weighted by Gasteiger charge is 2.29. The second kappa shape index (κ2) is 7.36. The van der Waals surface area contributed by atoms with Gasteiger partial charge in [0.15, 0.2) is 0 Å². The number of thiophene rings is 1. The molecular weight excluding hydrogens is 360 g/mol. The van der Waals surface area contributed by atoms with Crippen LogP contribution in [0.25, 0.3) is 10.2 Å². The van der Waals surface area contributed by atoms with Gasteiger partial charge in [-0.3, -0.25) is 14.2 Å². The largest absolute Gasteiger partial charge is 0.338 e. The third-order valence-corrected chi connectivity index (χ3v) is 7.35. The number of hydrogen-bond donors (Lipinski definition) is 1. The molecule has 2 N–H and O–H groups in total. The smallest absolute Gasteiger partial charge is 0.264 e. The SMILES string of the molecule is Cc1c(C(=O)N2CCC(C(C)N)CC2)sc2nc3n(c(=O)c12)CCCCC3. The fourth-order valence-corrected chi connectivity index (χ4v) is 5.54. The molecule has 1 amide bonds. The lowest BCUT2D eigenvalue weighted by atomic mass is 9.91. The van der Waals surface area contributed by atoms with Gasteiger partial charge < -0.3 is 10.6 Å². The fraction of sp³-hybridized carbons (Fsp3) is 0.650. The van der Waals surface area contributed by atoms with Crippen LogP contribution in [0.15, 0.2) is 4.79 Å². The Labute approximate surface area is 163 Å². The number of rotatable bonds is 2. The summed E-state index contributed by atoms with van der Waals surface area (Å²) in [7, 11) is 0. The van der Waals surface area contributed by atoms with Gasteiger partial charge in [-0.25, -0.2) is 4.98 Å². The topological polar surface area (TPSA) is 81.2 Å². The van der Waals surface area contributed by atoms with Crippen LogP contribution in [-0.2, 0) is 13.0 Å². The lowest BCUT2D eigenvalue weighted by molar-refractivity contribution is 0.0685. The lowest BCUT2D eigenvalue weighted by Crippen LogP contribution is -2.42. The number of nitrogens with zero attached hydrogens (tertiary/aromatic N) is 3. The van der Waals surface area contributed by atoms with E-state index < -0.39 is 0 Å². The van der Waals surface area contributed by atoms with E-state index in [1.807, 2.05) is 23.3 Å². The van der Waals surface area contributed by atoms with E-state index in [0.29, 0.717) is 16.2 Å². The molecule has 4 rings (SSSR count). The quantitative estimate of drug-likeness (QED) is 0.858. The normalized spacial score (nSPS) is 19.7. The molecular formula is C20H28N4O2S. The van der Waals surface area contributed by atoms with E-state index in [1.165, 1.54) is 11.3 Å². The molecule has 27 heavy (non-hydrogen) atoms. The van der Waals surface area contributed by atoms with E-state index in [9.17, 15) is 9.59 Å². The van der Waals surface area contributed by atoms with Crippen molar-refractivity contribution in [1.82, 2.24) is 14.5 Å². The van der Waals surface area contributed by atoms with Gasteiger partial charge in [-0.15, -0.1) is 11.3 Å². The molecule has 0 spiro atoms.